The number of amides is 2. The van der Waals surface area contributed by atoms with E-state index < -0.39 is 23.3 Å². The second-order valence-electron chi connectivity index (χ2n) is 4.58. The Morgan fingerprint density at radius 2 is 2.05 bits per heavy atom. The number of aromatic nitrogens is 1. The number of carbonyl (C=O) groups is 3. The predicted octanol–water partition coefficient (Wildman–Crippen LogP) is 0.173. The summed E-state index contributed by atoms with van der Waals surface area (Å²) in [5, 5.41) is 11.1. The Hall–Kier alpha value is -2.70. The van der Waals surface area contributed by atoms with Gasteiger partial charge in [-0.15, -0.1) is 0 Å². The quantitative estimate of drug-likeness (QED) is 0.662. The van der Waals surface area contributed by atoms with Gasteiger partial charge in [-0.25, -0.2) is 4.79 Å². The standard InChI is InChI=1S/C13H15N3O4/c1-13(2,12(14)20)16-11(19)9-5-6-15-7-8(9)3-4-10(17)18/h3-7H,1-2H3,(H2,14,20)(H,16,19)(H,17,18). The van der Waals surface area contributed by atoms with Crippen LogP contribution in [0.3, 0.4) is 0 Å². The summed E-state index contributed by atoms with van der Waals surface area (Å²) in [6.45, 7) is 2.95. The van der Waals surface area contributed by atoms with Crippen molar-refractivity contribution in [1.29, 1.82) is 0 Å². The monoisotopic (exact) mass is 277 g/mol. The van der Waals surface area contributed by atoms with Crippen LogP contribution in [0.25, 0.3) is 6.08 Å². The lowest BCUT2D eigenvalue weighted by Crippen LogP contribution is -2.53. The van der Waals surface area contributed by atoms with Crippen LogP contribution in [0, 0.1) is 0 Å². The Morgan fingerprint density at radius 3 is 2.60 bits per heavy atom. The molecule has 0 atom stereocenters. The second-order valence-corrected chi connectivity index (χ2v) is 4.58. The Kier molecular flexibility index (Phi) is 4.58. The number of aliphatic carboxylic acids is 1. The molecule has 0 saturated carbocycles. The van der Waals surface area contributed by atoms with Gasteiger partial charge >= 0.3 is 5.97 Å². The molecule has 0 radical (unpaired) electrons. The van der Waals surface area contributed by atoms with E-state index in [0.717, 1.165) is 6.08 Å². The summed E-state index contributed by atoms with van der Waals surface area (Å²) < 4.78 is 0. The highest BCUT2D eigenvalue weighted by Crippen LogP contribution is 2.11. The number of carbonyl (C=O) groups excluding carboxylic acids is 2. The summed E-state index contributed by atoms with van der Waals surface area (Å²) in [5.74, 6) is -2.36. The van der Waals surface area contributed by atoms with Gasteiger partial charge in [0.15, 0.2) is 0 Å². The number of hydrogen-bond donors (Lipinski definition) is 3. The van der Waals surface area contributed by atoms with Gasteiger partial charge < -0.3 is 16.2 Å². The molecule has 0 unspecified atom stereocenters. The smallest absolute Gasteiger partial charge is 0.328 e. The molecule has 0 bridgehead atoms. The first-order valence-corrected chi connectivity index (χ1v) is 5.71. The zero-order chi connectivity index (χ0) is 15.3. The fourth-order valence-corrected chi connectivity index (χ4v) is 1.32. The van der Waals surface area contributed by atoms with Gasteiger partial charge in [-0.1, -0.05) is 0 Å². The fraction of sp³-hybridized carbons (Fsp3) is 0.231. The zero-order valence-electron chi connectivity index (χ0n) is 11.1. The van der Waals surface area contributed by atoms with Gasteiger partial charge in [-0.3, -0.25) is 14.6 Å². The first-order chi connectivity index (χ1) is 9.24. The van der Waals surface area contributed by atoms with Gasteiger partial charge in [-0.05, 0) is 26.0 Å². The van der Waals surface area contributed by atoms with E-state index in [0.29, 0.717) is 5.56 Å². The van der Waals surface area contributed by atoms with E-state index in [1.807, 2.05) is 0 Å². The summed E-state index contributed by atoms with van der Waals surface area (Å²) in [4.78, 5) is 37.6. The third-order valence-corrected chi connectivity index (χ3v) is 2.54. The average Bonchev–Trinajstić information content (AvgIpc) is 2.35. The van der Waals surface area contributed by atoms with Gasteiger partial charge in [-0.2, -0.15) is 0 Å². The molecule has 1 heterocycles. The van der Waals surface area contributed by atoms with Crippen LogP contribution in [0.15, 0.2) is 24.5 Å². The molecule has 1 rings (SSSR count). The number of carboxylic acids is 1. The zero-order valence-corrected chi connectivity index (χ0v) is 11.1. The second kappa shape index (κ2) is 5.96. The van der Waals surface area contributed by atoms with Crippen molar-refractivity contribution in [2.45, 2.75) is 19.4 Å². The maximum absolute atomic E-state index is 12.1. The first-order valence-electron chi connectivity index (χ1n) is 5.71. The Morgan fingerprint density at radius 1 is 1.40 bits per heavy atom. The molecule has 0 saturated heterocycles. The Bertz CT molecular complexity index is 579. The summed E-state index contributed by atoms with van der Waals surface area (Å²) in [6.07, 6.45) is 4.89. The van der Waals surface area contributed by atoms with E-state index in [2.05, 4.69) is 10.3 Å². The summed E-state index contributed by atoms with van der Waals surface area (Å²) >= 11 is 0. The van der Waals surface area contributed by atoms with Crippen LogP contribution < -0.4 is 11.1 Å². The van der Waals surface area contributed by atoms with Crippen LogP contribution in [-0.4, -0.2) is 33.4 Å². The van der Waals surface area contributed by atoms with Crippen molar-refractivity contribution in [3.63, 3.8) is 0 Å². The predicted molar refractivity (Wildman–Crippen MR) is 71.6 cm³/mol. The highest BCUT2D eigenvalue weighted by Gasteiger charge is 2.27. The van der Waals surface area contributed by atoms with Crippen molar-refractivity contribution in [1.82, 2.24) is 10.3 Å². The summed E-state index contributed by atoms with van der Waals surface area (Å²) in [5.41, 5.74) is 4.49. The molecule has 106 valence electrons. The lowest BCUT2D eigenvalue weighted by molar-refractivity contribution is -0.131. The molecule has 1 aromatic rings. The lowest BCUT2D eigenvalue weighted by Gasteiger charge is -2.22. The van der Waals surface area contributed by atoms with E-state index in [-0.39, 0.29) is 5.56 Å². The van der Waals surface area contributed by atoms with Gasteiger partial charge in [0.1, 0.15) is 5.54 Å². The topological polar surface area (TPSA) is 122 Å². The average molecular weight is 277 g/mol. The molecule has 0 aromatic carbocycles. The number of primary amides is 1. The van der Waals surface area contributed by atoms with Crippen LogP contribution in [0.4, 0.5) is 0 Å². The minimum absolute atomic E-state index is 0.201. The Labute approximate surface area is 115 Å². The molecule has 0 aliphatic carbocycles. The first kappa shape index (κ1) is 15.4. The number of hydrogen-bond acceptors (Lipinski definition) is 4. The van der Waals surface area contributed by atoms with E-state index in [1.54, 1.807) is 0 Å². The maximum Gasteiger partial charge on any atom is 0.328 e. The van der Waals surface area contributed by atoms with E-state index >= 15 is 0 Å². The summed E-state index contributed by atoms with van der Waals surface area (Å²) in [6, 6.07) is 1.42. The molecule has 0 aliphatic heterocycles. The molecule has 7 nitrogen and oxygen atoms in total. The Balaban J connectivity index is 3.05. The van der Waals surface area contributed by atoms with E-state index in [1.165, 1.54) is 38.4 Å². The van der Waals surface area contributed by atoms with Crippen LogP contribution in [0.5, 0.6) is 0 Å². The number of nitrogens with two attached hydrogens (primary N) is 1. The lowest BCUT2D eigenvalue weighted by atomic mass is 10.0. The minimum atomic E-state index is -1.21. The van der Waals surface area contributed by atoms with Crippen molar-refractivity contribution in [2.75, 3.05) is 0 Å². The van der Waals surface area contributed by atoms with Crippen molar-refractivity contribution in [3.05, 3.63) is 35.7 Å². The molecule has 7 heteroatoms. The van der Waals surface area contributed by atoms with Crippen molar-refractivity contribution < 1.29 is 19.5 Å². The molecule has 2 amide bonds. The largest absolute Gasteiger partial charge is 0.478 e. The number of nitrogens with one attached hydrogen (secondary N) is 1. The molecule has 0 aliphatic rings. The number of pyridine rings is 1. The molecule has 0 spiro atoms. The number of rotatable bonds is 5. The van der Waals surface area contributed by atoms with Crippen LogP contribution in [0.1, 0.15) is 29.8 Å². The van der Waals surface area contributed by atoms with Crippen molar-refractivity contribution >= 4 is 23.9 Å². The van der Waals surface area contributed by atoms with Gasteiger partial charge in [0, 0.05) is 29.6 Å². The normalized spacial score (nSPS) is 11.3. The molecular weight excluding hydrogens is 262 g/mol. The number of carboxylic acid groups (broad SMARTS) is 1. The van der Waals surface area contributed by atoms with Gasteiger partial charge in [0.05, 0.1) is 0 Å². The highest BCUT2D eigenvalue weighted by atomic mass is 16.4. The van der Waals surface area contributed by atoms with Gasteiger partial charge in [0.2, 0.25) is 5.91 Å². The minimum Gasteiger partial charge on any atom is -0.478 e. The van der Waals surface area contributed by atoms with Crippen LogP contribution in [0.2, 0.25) is 0 Å². The van der Waals surface area contributed by atoms with Gasteiger partial charge in [0.25, 0.3) is 5.91 Å². The van der Waals surface area contributed by atoms with Crippen molar-refractivity contribution in [2.24, 2.45) is 5.73 Å². The highest BCUT2D eigenvalue weighted by molar-refractivity contribution is 6.01. The van der Waals surface area contributed by atoms with Crippen LogP contribution >= 0.6 is 0 Å². The molecule has 0 fully saturated rings. The molecule has 20 heavy (non-hydrogen) atoms. The molecule has 1 aromatic heterocycles. The van der Waals surface area contributed by atoms with Crippen LogP contribution in [-0.2, 0) is 9.59 Å². The fourth-order valence-electron chi connectivity index (χ4n) is 1.32. The molecule has 4 N–H and O–H groups in total. The van der Waals surface area contributed by atoms with E-state index in [4.69, 9.17) is 10.8 Å². The third-order valence-electron chi connectivity index (χ3n) is 2.54. The third kappa shape index (κ3) is 3.91. The summed E-state index contributed by atoms with van der Waals surface area (Å²) in [7, 11) is 0. The molecular formula is C13H15N3O4. The van der Waals surface area contributed by atoms with Crippen molar-refractivity contribution in [3.8, 4) is 0 Å². The maximum atomic E-state index is 12.1. The number of nitrogens with zero attached hydrogens (tertiary/aromatic N) is 1. The van der Waals surface area contributed by atoms with E-state index in [9.17, 15) is 14.4 Å². The SMILES string of the molecule is CC(C)(NC(=O)c1ccncc1C=CC(=O)O)C(N)=O.